The zero-order valence-electron chi connectivity index (χ0n) is 9.65. The molecule has 4 rings (SSSR count). The van der Waals surface area contributed by atoms with Gasteiger partial charge in [0.1, 0.15) is 0 Å². The lowest BCUT2D eigenvalue weighted by Gasteiger charge is -2.60. The first-order chi connectivity index (χ1) is 7.09. The highest BCUT2D eigenvalue weighted by Crippen LogP contribution is 2.61. The maximum absolute atomic E-state index is 10.5. The number of nitrogens with two attached hydrogens (primary N) is 1. The standard InChI is InChI=1S/C13H23NO/c1-8(14)5-13-6-9-2-10(7-13)4-11(3-9)12(13)15/h8-12,15H,2-7,14H2,1H3. The van der Waals surface area contributed by atoms with E-state index in [1.165, 1.54) is 32.1 Å². The predicted octanol–water partition coefficient (Wildman–Crippen LogP) is 1.91. The van der Waals surface area contributed by atoms with Crippen LogP contribution in [0.4, 0.5) is 0 Å². The maximum atomic E-state index is 10.5. The SMILES string of the molecule is CC(N)CC12CC3CC(CC(C3)C1O)C2. The van der Waals surface area contributed by atoms with Crippen molar-refractivity contribution in [1.82, 2.24) is 0 Å². The molecule has 4 bridgehead atoms. The second-order valence-electron chi connectivity index (χ2n) is 6.60. The van der Waals surface area contributed by atoms with E-state index in [9.17, 15) is 5.11 Å². The highest BCUT2D eigenvalue weighted by Gasteiger charge is 2.56. The van der Waals surface area contributed by atoms with Crippen LogP contribution in [-0.4, -0.2) is 17.3 Å². The summed E-state index contributed by atoms with van der Waals surface area (Å²) in [6, 6.07) is 0.246. The molecule has 4 saturated carbocycles. The Bertz CT molecular complexity index is 244. The molecule has 0 aromatic rings. The number of hydrogen-bond acceptors (Lipinski definition) is 2. The minimum absolute atomic E-state index is 0.0451. The van der Waals surface area contributed by atoms with Crippen molar-refractivity contribution < 1.29 is 5.11 Å². The molecule has 0 aromatic heterocycles. The average Bonchev–Trinajstić information content (AvgIpc) is 2.11. The fourth-order valence-electron chi connectivity index (χ4n) is 5.11. The monoisotopic (exact) mass is 209 g/mol. The molecule has 0 aliphatic heterocycles. The third-order valence-corrected chi connectivity index (χ3v) is 5.13. The van der Waals surface area contributed by atoms with Gasteiger partial charge in [0.25, 0.3) is 0 Å². The van der Waals surface area contributed by atoms with Crippen molar-refractivity contribution in [3.63, 3.8) is 0 Å². The van der Waals surface area contributed by atoms with Gasteiger partial charge in [-0.25, -0.2) is 0 Å². The van der Waals surface area contributed by atoms with Gasteiger partial charge in [0.2, 0.25) is 0 Å². The van der Waals surface area contributed by atoms with Crippen molar-refractivity contribution >= 4 is 0 Å². The second-order valence-corrected chi connectivity index (χ2v) is 6.60. The van der Waals surface area contributed by atoms with Gasteiger partial charge >= 0.3 is 0 Å². The summed E-state index contributed by atoms with van der Waals surface area (Å²) in [6.07, 6.45) is 7.51. The van der Waals surface area contributed by atoms with Crippen LogP contribution in [0.5, 0.6) is 0 Å². The molecule has 0 amide bonds. The summed E-state index contributed by atoms with van der Waals surface area (Å²) in [6.45, 7) is 2.09. The van der Waals surface area contributed by atoms with Crippen LogP contribution in [0.1, 0.15) is 45.4 Å². The molecule has 0 radical (unpaired) electrons. The Morgan fingerprint density at radius 1 is 1.27 bits per heavy atom. The van der Waals surface area contributed by atoms with Gasteiger partial charge in [0.05, 0.1) is 6.10 Å². The van der Waals surface area contributed by atoms with Crippen molar-refractivity contribution in [2.45, 2.75) is 57.6 Å². The third-order valence-electron chi connectivity index (χ3n) is 5.13. The van der Waals surface area contributed by atoms with Crippen molar-refractivity contribution in [3.05, 3.63) is 0 Å². The van der Waals surface area contributed by atoms with Crippen LogP contribution in [0.2, 0.25) is 0 Å². The lowest BCUT2D eigenvalue weighted by molar-refractivity contribution is -0.159. The molecular formula is C13H23NO. The normalized spacial score (nSPS) is 54.6. The van der Waals surface area contributed by atoms with E-state index < -0.39 is 0 Å². The van der Waals surface area contributed by atoms with Gasteiger partial charge in [0.15, 0.2) is 0 Å². The lowest BCUT2D eigenvalue weighted by atomic mass is 9.47. The number of hydrogen-bond donors (Lipinski definition) is 2. The molecule has 4 aliphatic carbocycles. The maximum Gasteiger partial charge on any atom is 0.0625 e. The van der Waals surface area contributed by atoms with Crippen LogP contribution in [0.3, 0.4) is 0 Å². The molecule has 4 atom stereocenters. The molecule has 4 aliphatic rings. The summed E-state index contributed by atoms with van der Waals surface area (Å²) in [4.78, 5) is 0. The van der Waals surface area contributed by atoms with Crippen molar-refractivity contribution in [2.75, 3.05) is 0 Å². The second kappa shape index (κ2) is 3.21. The summed E-state index contributed by atoms with van der Waals surface area (Å²) in [5.74, 6) is 2.42. The van der Waals surface area contributed by atoms with Crippen molar-refractivity contribution in [2.24, 2.45) is 28.9 Å². The summed E-state index contributed by atoms with van der Waals surface area (Å²) >= 11 is 0. The Hall–Kier alpha value is -0.0800. The number of aliphatic hydroxyl groups excluding tert-OH is 1. The topological polar surface area (TPSA) is 46.2 Å². The fourth-order valence-corrected chi connectivity index (χ4v) is 5.11. The zero-order valence-corrected chi connectivity index (χ0v) is 9.65. The molecule has 86 valence electrons. The Balaban J connectivity index is 1.87. The van der Waals surface area contributed by atoms with Crippen LogP contribution < -0.4 is 5.73 Å². The van der Waals surface area contributed by atoms with E-state index in [1.54, 1.807) is 0 Å². The van der Waals surface area contributed by atoms with Crippen LogP contribution in [0.25, 0.3) is 0 Å². The summed E-state index contributed by atoms with van der Waals surface area (Å²) < 4.78 is 0. The molecule has 0 aromatic carbocycles. The van der Waals surface area contributed by atoms with Crippen LogP contribution >= 0.6 is 0 Å². The van der Waals surface area contributed by atoms with Gasteiger partial charge in [-0.1, -0.05) is 0 Å². The van der Waals surface area contributed by atoms with Gasteiger partial charge in [-0.3, -0.25) is 0 Å². The van der Waals surface area contributed by atoms with Crippen molar-refractivity contribution in [3.8, 4) is 0 Å². The molecule has 2 heteroatoms. The van der Waals surface area contributed by atoms with E-state index in [0.29, 0.717) is 5.92 Å². The Kier molecular flexibility index (Phi) is 2.16. The zero-order chi connectivity index (χ0) is 10.6. The van der Waals surface area contributed by atoms with E-state index in [-0.39, 0.29) is 17.6 Å². The largest absolute Gasteiger partial charge is 0.392 e. The molecule has 15 heavy (non-hydrogen) atoms. The quantitative estimate of drug-likeness (QED) is 0.730. The highest BCUT2D eigenvalue weighted by atomic mass is 16.3. The minimum atomic E-state index is -0.0451. The molecule has 4 fully saturated rings. The van der Waals surface area contributed by atoms with Crippen LogP contribution in [0.15, 0.2) is 0 Å². The van der Waals surface area contributed by atoms with Gasteiger partial charge < -0.3 is 10.8 Å². The molecule has 4 unspecified atom stereocenters. The summed E-state index contributed by atoms with van der Waals surface area (Å²) in [7, 11) is 0. The first kappa shape index (κ1) is 10.1. The molecule has 0 spiro atoms. The summed E-state index contributed by atoms with van der Waals surface area (Å²) in [5.41, 5.74) is 6.18. The van der Waals surface area contributed by atoms with E-state index in [0.717, 1.165) is 18.3 Å². The smallest absolute Gasteiger partial charge is 0.0625 e. The third kappa shape index (κ3) is 1.45. The minimum Gasteiger partial charge on any atom is -0.392 e. The fraction of sp³-hybridized carbons (Fsp3) is 1.00. The molecule has 0 saturated heterocycles. The van der Waals surface area contributed by atoms with Gasteiger partial charge in [-0.2, -0.15) is 0 Å². The number of aliphatic hydroxyl groups is 1. The van der Waals surface area contributed by atoms with Crippen molar-refractivity contribution in [1.29, 1.82) is 0 Å². The van der Waals surface area contributed by atoms with E-state index >= 15 is 0 Å². The Morgan fingerprint density at radius 3 is 2.40 bits per heavy atom. The van der Waals surface area contributed by atoms with Gasteiger partial charge in [-0.05, 0) is 68.6 Å². The molecule has 2 nitrogen and oxygen atoms in total. The molecular weight excluding hydrogens is 186 g/mol. The van der Waals surface area contributed by atoms with E-state index in [2.05, 4.69) is 6.92 Å². The summed E-state index contributed by atoms with van der Waals surface area (Å²) in [5, 5.41) is 10.5. The lowest BCUT2D eigenvalue weighted by Crippen LogP contribution is -2.57. The molecule has 0 heterocycles. The van der Waals surface area contributed by atoms with Gasteiger partial charge in [0, 0.05) is 6.04 Å². The van der Waals surface area contributed by atoms with Crippen LogP contribution in [0, 0.1) is 23.2 Å². The Labute approximate surface area is 92.2 Å². The van der Waals surface area contributed by atoms with E-state index in [1.807, 2.05) is 0 Å². The van der Waals surface area contributed by atoms with Crippen LogP contribution in [-0.2, 0) is 0 Å². The predicted molar refractivity (Wildman–Crippen MR) is 60.3 cm³/mol. The molecule has 3 N–H and O–H groups in total. The average molecular weight is 209 g/mol. The van der Waals surface area contributed by atoms with Gasteiger partial charge in [-0.15, -0.1) is 0 Å². The first-order valence-electron chi connectivity index (χ1n) is 6.53. The Morgan fingerprint density at radius 2 is 1.87 bits per heavy atom. The van der Waals surface area contributed by atoms with E-state index in [4.69, 9.17) is 5.73 Å². The highest BCUT2D eigenvalue weighted by molar-refractivity contribution is 5.07. The first-order valence-corrected chi connectivity index (χ1v) is 6.53. The number of rotatable bonds is 2.